The molecule has 0 N–H and O–H groups in total. The van der Waals surface area contributed by atoms with Gasteiger partial charge in [-0.2, -0.15) is 0 Å². The smallest absolute Gasteiger partial charge is 0.221 e. The van der Waals surface area contributed by atoms with E-state index in [2.05, 4.69) is 106 Å². The maximum atomic E-state index is 5.86. The largest absolute Gasteiger partial charge is 0.491 e. The monoisotopic (exact) mass is 499 g/mol. The second-order valence-corrected chi connectivity index (χ2v) is 13.6. The van der Waals surface area contributed by atoms with Crippen LogP contribution in [0.15, 0.2) is 101 Å². The lowest BCUT2D eigenvalue weighted by Gasteiger charge is -2.12. The van der Waals surface area contributed by atoms with E-state index in [1.807, 2.05) is 23.1 Å². The van der Waals surface area contributed by atoms with Gasteiger partial charge in [0.15, 0.2) is 9.79 Å². The van der Waals surface area contributed by atoms with E-state index in [1.54, 1.807) is 11.3 Å². The third kappa shape index (κ3) is 6.13. The first-order chi connectivity index (χ1) is 15.5. The number of benzene rings is 2. The van der Waals surface area contributed by atoms with Crippen molar-refractivity contribution in [1.29, 1.82) is 0 Å². The Morgan fingerprint density at radius 1 is 0.688 bits per heavy atom. The lowest BCUT2D eigenvalue weighted by Crippen LogP contribution is -2.07. The Labute approximate surface area is 206 Å². The van der Waals surface area contributed by atoms with Gasteiger partial charge in [-0.3, -0.25) is 0 Å². The van der Waals surface area contributed by atoms with Crippen LogP contribution in [0.3, 0.4) is 0 Å². The summed E-state index contributed by atoms with van der Waals surface area (Å²) in [4.78, 5) is 2.57. The van der Waals surface area contributed by atoms with Crippen molar-refractivity contribution in [3.8, 4) is 11.5 Å². The van der Waals surface area contributed by atoms with Crippen LogP contribution in [0.1, 0.15) is 27.7 Å². The summed E-state index contributed by atoms with van der Waals surface area (Å²) < 4.78 is 15.7. The summed E-state index contributed by atoms with van der Waals surface area (Å²) >= 11 is 5.51. The molecule has 0 aliphatic rings. The second-order valence-electron chi connectivity index (χ2n) is 7.69. The number of hydrogen-bond acceptors (Lipinski definition) is 5. The van der Waals surface area contributed by atoms with Gasteiger partial charge in [0.25, 0.3) is 0 Å². The van der Waals surface area contributed by atoms with Crippen LogP contribution in [0.4, 0.5) is 0 Å². The quantitative estimate of drug-likeness (QED) is 0.215. The van der Waals surface area contributed by atoms with Crippen molar-refractivity contribution in [2.75, 3.05) is 0 Å². The molecule has 0 radical (unpaired) electrons. The fraction of sp³-hybridized carbons (Fsp3) is 0.231. The van der Waals surface area contributed by atoms with Gasteiger partial charge in [-0.1, -0.05) is 29.2 Å². The Kier molecular flexibility index (Phi) is 7.89. The highest BCUT2D eigenvalue weighted by Crippen LogP contribution is 2.42. The summed E-state index contributed by atoms with van der Waals surface area (Å²) in [5, 5.41) is 2.13. The SMILES string of the molecule is CC(C)Oc1ccc([S+](c2ccc(OC(C)C)cc2)c2ccc(Sc3cccs3)s2)cc1. The zero-order valence-electron chi connectivity index (χ0n) is 18.6. The molecule has 0 atom stereocenters. The predicted octanol–water partition coefficient (Wildman–Crippen LogP) is 8.63. The van der Waals surface area contributed by atoms with Gasteiger partial charge < -0.3 is 9.47 Å². The van der Waals surface area contributed by atoms with Gasteiger partial charge in [-0.25, -0.2) is 0 Å². The molecule has 4 aromatic rings. The van der Waals surface area contributed by atoms with Crippen molar-refractivity contribution in [1.82, 2.24) is 0 Å². The van der Waals surface area contributed by atoms with E-state index in [-0.39, 0.29) is 23.1 Å². The normalized spacial score (nSPS) is 11.5. The van der Waals surface area contributed by atoms with Crippen molar-refractivity contribution in [2.24, 2.45) is 0 Å². The van der Waals surface area contributed by atoms with Crippen LogP contribution < -0.4 is 9.47 Å². The van der Waals surface area contributed by atoms with Crippen LogP contribution in [0.25, 0.3) is 0 Å². The number of rotatable bonds is 9. The van der Waals surface area contributed by atoms with Gasteiger partial charge in [-0.15, -0.1) is 11.3 Å². The van der Waals surface area contributed by atoms with Gasteiger partial charge in [0, 0.05) is 6.07 Å². The molecule has 0 spiro atoms. The van der Waals surface area contributed by atoms with E-state index in [1.165, 1.54) is 22.4 Å². The minimum absolute atomic E-state index is 0.168. The molecule has 166 valence electrons. The van der Waals surface area contributed by atoms with Gasteiger partial charge in [0.05, 0.1) is 20.6 Å². The molecule has 0 aliphatic heterocycles. The highest BCUT2D eigenvalue weighted by atomic mass is 32.2. The lowest BCUT2D eigenvalue weighted by molar-refractivity contribution is 0.242. The molecule has 0 fully saturated rings. The van der Waals surface area contributed by atoms with E-state index in [9.17, 15) is 0 Å². The third-order valence-electron chi connectivity index (χ3n) is 4.32. The fourth-order valence-electron chi connectivity index (χ4n) is 3.11. The van der Waals surface area contributed by atoms with Crippen molar-refractivity contribution < 1.29 is 9.47 Å². The summed E-state index contributed by atoms with van der Waals surface area (Å²) in [6.07, 6.45) is 0.337. The minimum Gasteiger partial charge on any atom is -0.491 e. The molecule has 0 saturated heterocycles. The predicted molar refractivity (Wildman–Crippen MR) is 139 cm³/mol. The van der Waals surface area contributed by atoms with Crippen LogP contribution in [0, 0.1) is 0 Å². The molecule has 6 heteroatoms. The van der Waals surface area contributed by atoms with Gasteiger partial charge in [0.2, 0.25) is 4.21 Å². The van der Waals surface area contributed by atoms with Crippen LogP contribution in [-0.4, -0.2) is 12.2 Å². The maximum absolute atomic E-state index is 5.86. The average molecular weight is 500 g/mol. The van der Waals surface area contributed by atoms with Crippen molar-refractivity contribution in [3.63, 3.8) is 0 Å². The molecule has 2 heterocycles. The van der Waals surface area contributed by atoms with Gasteiger partial charge in [-0.05, 0) is 93.7 Å². The number of hydrogen-bond donors (Lipinski definition) is 0. The summed E-state index contributed by atoms with van der Waals surface area (Å²) in [5.74, 6) is 1.82. The van der Waals surface area contributed by atoms with E-state index in [4.69, 9.17) is 9.47 Å². The first kappa shape index (κ1) is 23.3. The molecule has 2 aromatic carbocycles. The molecule has 0 aliphatic carbocycles. The van der Waals surface area contributed by atoms with E-state index < -0.39 is 0 Å². The summed E-state index contributed by atoms with van der Waals surface area (Å²) in [5.41, 5.74) is 0. The molecule has 32 heavy (non-hydrogen) atoms. The first-order valence-corrected chi connectivity index (χ1v) is 14.3. The Hall–Kier alpha value is -1.86. The molecule has 2 nitrogen and oxygen atoms in total. The Morgan fingerprint density at radius 3 is 1.72 bits per heavy atom. The molecule has 4 rings (SSSR count). The van der Waals surface area contributed by atoms with Crippen LogP contribution >= 0.6 is 34.4 Å². The van der Waals surface area contributed by atoms with E-state index >= 15 is 0 Å². The topological polar surface area (TPSA) is 18.5 Å². The zero-order valence-corrected chi connectivity index (χ0v) is 21.9. The average Bonchev–Trinajstić information content (AvgIpc) is 3.43. The summed E-state index contributed by atoms with van der Waals surface area (Å²) in [6.45, 7) is 8.21. The molecular formula is C26H27O2S4+. The van der Waals surface area contributed by atoms with E-state index in [0.29, 0.717) is 0 Å². The summed E-state index contributed by atoms with van der Waals surface area (Å²) in [6, 6.07) is 25.9. The first-order valence-electron chi connectivity index (χ1n) is 10.6. The zero-order chi connectivity index (χ0) is 22.5. The van der Waals surface area contributed by atoms with Crippen molar-refractivity contribution in [2.45, 2.75) is 62.3 Å². The third-order valence-corrected chi connectivity index (χ3v) is 10.1. The van der Waals surface area contributed by atoms with E-state index in [0.717, 1.165) is 11.5 Å². The molecule has 0 unspecified atom stereocenters. The fourth-order valence-corrected chi connectivity index (χ4v) is 9.10. The summed E-state index contributed by atoms with van der Waals surface area (Å²) in [7, 11) is -0.187. The minimum atomic E-state index is -0.187. The van der Waals surface area contributed by atoms with Crippen molar-refractivity contribution >= 4 is 45.3 Å². The molecular weight excluding hydrogens is 473 g/mol. The standard InChI is InChI=1S/C26H27O2S4/c1-18(2)27-20-7-11-22(12-8-20)32(23-13-9-21(10-14-23)28-19(3)4)26-16-15-25(31-26)30-24-6-5-17-29-24/h5-19H,1-4H3/q+1. The Morgan fingerprint density at radius 2 is 1.25 bits per heavy atom. The number of thiophene rings is 2. The lowest BCUT2D eigenvalue weighted by atomic mass is 10.3. The highest BCUT2D eigenvalue weighted by molar-refractivity contribution is 8.03. The molecule has 2 aromatic heterocycles. The highest BCUT2D eigenvalue weighted by Gasteiger charge is 2.31. The van der Waals surface area contributed by atoms with Crippen LogP contribution in [-0.2, 0) is 10.9 Å². The molecule has 0 bridgehead atoms. The molecule has 0 amide bonds. The second kappa shape index (κ2) is 10.8. The maximum Gasteiger partial charge on any atom is 0.221 e. The van der Waals surface area contributed by atoms with Crippen LogP contribution in [0.2, 0.25) is 0 Å². The number of ether oxygens (including phenoxy) is 2. The Balaban J connectivity index is 1.66. The Bertz CT molecular complexity index is 1040. The van der Waals surface area contributed by atoms with Crippen molar-refractivity contribution in [3.05, 3.63) is 78.2 Å². The van der Waals surface area contributed by atoms with Gasteiger partial charge in [0.1, 0.15) is 22.4 Å². The molecule has 0 saturated carbocycles. The van der Waals surface area contributed by atoms with Crippen LogP contribution in [0.5, 0.6) is 11.5 Å². The van der Waals surface area contributed by atoms with Gasteiger partial charge >= 0.3 is 0 Å².